The lowest BCUT2D eigenvalue weighted by atomic mass is 10.1. The second-order valence-corrected chi connectivity index (χ2v) is 6.10. The van der Waals surface area contributed by atoms with Crippen LogP contribution in [0.15, 0.2) is 17.0 Å². The van der Waals surface area contributed by atoms with Gasteiger partial charge in [-0.3, -0.25) is 0 Å². The summed E-state index contributed by atoms with van der Waals surface area (Å²) in [6, 6.07) is 3.14. The van der Waals surface area contributed by atoms with Crippen LogP contribution in [0.3, 0.4) is 0 Å². The van der Waals surface area contributed by atoms with E-state index < -0.39 is 28.6 Å². The summed E-state index contributed by atoms with van der Waals surface area (Å²) in [6.07, 6.45) is -1.56. The molecule has 0 fully saturated rings. The topological polar surface area (TPSA) is 119 Å². The van der Waals surface area contributed by atoms with E-state index in [9.17, 15) is 18.3 Å². The van der Waals surface area contributed by atoms with Crippen molar-refractivity contribution >= 4 is 21.7 Å². The molecular weight excluding hydrogens is 284 g/mol. The molecule has 0 spiro atoms. The third-order valence-corrected chi connectivity index (χ3v) is 4.32. The molecule has 0 amide bonds. The van der Waals surface area contributed by atoms with Crippen molar-refractivity contribution in [2.24, 2.45) is 0 Å². The lowest BCUT2D eigenvalue weighted by Crippen LogP contribution is -2.37. The number of ether oxygens (including phenoxy) is 1. The van der Waals surface area contributed by atoms with Crippen LogP contribution in [-0.2, 0) is 19.6 Å². The first-order valence-corrected chi connectivity index (χ1v) is 7.29. The number of aliphatic hydroxyl groups is 1. The Morgan fingerprint density at radius 2 is 2.05 bits per heavy atom. The van der Waals surface area contributed by atoms with Crippen LogP contribution in [0, 0.1) is 13.8 Å². The zero-order valence-electron chi connectivity index (χ0n) is 11.5. The number of nitrogens with one attached hydrogen (secondary N) is 1. The predicted molar refractivity (Wildman–Crippen MR) is 73.5 cm³/mol. The Kier molecular flexibility index (Phi) is 5.09. The smallest absolute Gasteiger partial charge is 0.336 e. The van der Waals surface area contributed by atoms with Crippen molar-refractivity contribution in [3.8, 4) is 0 Å². The Balaban J connectivity index is 2.98. The van der Waals surface area contributed by atoms with Gasteiger partial charge in [-0.15, -0.1) is 0 Å². The summed E-state index contributed by atoms with van der Waals surface area (Å²) >= 11 is 0. The van der Waals surface area contributed by atoms with Gasteiger partial charge in [0.15, 0.2) is 6.10 Å². The van der Waals surface area contributed by atoms with Gasteiger partial charge in [0.25, 0.3) is 0 Å². The largest absolute Gasteiger partial charge is 0.467 e. The minimum atomic E-state index is -3.87. The predicted octanol–water partition coefficient (Wildman–Crippen LogP) is -0.302. The number of rotatable bonds is 5. The number of carbonyl (C=O) groups excluding carboxylic acids is 1. The van der Waals surface area contributed by atoms with Crippen LogP contribution in [0.1, 0.15) is 11.1 Å². The quantitative estimate of drug-likeness (QED) is 0.507. The standard InChI is InChI=1S/C12H18N2O5S/c1-7-4-9(13)8(2)11(5-7)20(17,18)14-6-10(15)12(16)19-3/h4-5,10,14-15H,6,13H2,1-3H3. The Labute approximate surface area is 117 Å². The first kappa shape index (κ1) is 16.4. The van der Waals surface area contributed by atoms with Crippen molar-refractivity contribution in [1.29, 1.82) is 0 Å². The van der Waals surface area contributed by atoms with Gasteiger partial charge in [0.1, 0.15) is 0 Å². The summed E-state index contributed by atoms with van der Waals surface area (Å²) in [6.45, 7) is 2.83. The highest BCUT2D eigenvalue weighted by Crippen LogP contribution is 2.22. The normalized spacial score (nSPS) is 13.0. The number of benzene rings is 1. The third kappa shape index (κ3) is 3.69. The summed E-state index contributed by atoms with van der Waals surface area (Å²) < 4.78 is 30.7. The maximum absolute atomic E-state index is 12.1. The van der Waals surface area contributed by atoms with Crippen molar-refractivity contribution in [3.05, 3.63) is 23.3 Å². The van der Waals surface area contributed by atoms with Crippen LogP contribution in [0.5, 0.6) is 0 Å². The number of nitrogen functional groups attached to an aromatic ring is 1. The van der Waals surface area contributed by atoms with Crippen LogP contribution in [0.25, 0.3) is 0 Å². The molecule has 4 N–H and O–H groups in total. The molecule has 1 rings (SSSR count). The van der Waals surface area contributed by atoms with Crippen LogP contribution >= 0.6 is 0 Å². The van der Waals surface area contributed by atoms with Crippen molar-refractivity contribution in [3.63, 3.8) is 0 Å². The summed E-state index contributed by atoms with van der Waals surface area (Å²) in [5, 5.41) is 9.38. The Hall–Kier alpha value is -1.64. The molecule has 1 aromatic carbocycles. The van der Waals surface area contributed by atoms with E-state index in [4.69, 9.17) is 5.73 Å². The molecule has 0 aromatic heterocycles. The molecule has 0 heterocycles. The maximum Gasteiger partial charge on any atom is 0.336 e. The number of aryl methyl sites for hydroxylation is 1. The van der Waals surface area contributed by atoms with Gasteiger partial charge >= 0.3 is 5.97 Å². The highest BCUT2D eigenvalue weighted by Gasteiger charge is 2.22. The fraction of sp³-hybridized carbons (Fsp3) is 0.417. The Morgan fingerprint density at radius 1 is 1.45 bits per heavy atom. The number of anilines is 1. The molecule has 1 unspecified atom stereocenters. The molecule has 0 radical (unpaired) electrons. The fourth-order valence-electron chi connectivity index (χ4n) is 1.62. The maximum atomic E-state index is 12.1. The Bertz CT molecular complexity index is 613. The Morgan fingerprint density at radius 3 is 2.60 bits per heavy atom. The minimum absolute atomic E-state index is 0.0204. The molecule has 0 aliphatic rings. The van der Waals surface area contributed by atoms with E-state index in [0.717, 1.165) is 7.11 Å². The van der Waals surface area contributed by atoms with Gasteiger partial charge in [-0.25, -0.2) is 17.9 Å². The van der Waals surface area contributed by atoms with Gasteiger partial charge in [-0.2, -0.15) is 0 Å². The van der Waals surface area contributed by atoms with E-state index in [1.807, 2.05) is 0 Å². The number of carbonyl (C=O) groups is 1. The molecule has 7 nitrogen and oxygen atoms in total. The molecule has 0 aliphatic carbocycles. The summed E-state index contributed by atoms with van der Waals surface area (Å²) in [4.78, 5) is 11.0. The lowest BCUT2D eigenvalue weighted by molar-refractivity contribution is -0.149. The number of aliphatic hydroxyl groups excluding tert-OH is 1. The van der Waals surface area contributed by atoms with Crippen LogP contribution in [0.2, 0.25) is 0 Å². The number of hydrogen-bond donors (Lipinski definition) is 3. The highest BCUT2D eigenvalue weighted by atomic mass is 32.2. The highest BCUT2D eigenvalue weighted by molar-refractivity contribution is 7.89. The molecular formula is C12H18N2O5S. The van der Waals surface area contributed by atoms with Crippen LogP contribution < -0.4 is 10.5 Å². The molecule has 1 aromatic rings. The molecule has 1 atom stereocenters. The van der Waals surface area contributed by atoms with E-state index in [2.05, 4.69) is 9.46 Å². The molecule has 0 aliphatic heterocycles. The second kappa shape index (κ2) is 6.21. The first-order chi connectivity index (χ1) is 9.19. The van der Waals surface area contributed by atoms with Crippen molar-refractivity contribution in [2.45, 2.75) is 24.8 Å². The average Bonchev–Trinajstić information content (AvgIpc) is 2.39. The van der Waals surface area contributed by atoms with Crippen molar-refractivity contribution < 1.29 is 23.1 Å². The molecule has 112 valence electrons. The number of hydrogen-bond acceptors (Lipinski definition) is 6. The van der Waals surface area contributed by atoms with Gasteiger partial charge in [-0.05, 0) is 37.1 Å². The van der Waals surface area contributed by atoms with Crippen molar-refractivity contribution in [2.75, 3.05) is 19.4 Å². The molecule has 0 bridgehead atoms. The zero-order chi connectivity index (χ0) is 15.5. The van der Waals surface area contributed by atoms with Gasteiger partial charge < -0.3 is 15.6 Å². The number of sulfonamides is 1. The van der Waals surface area contributed by atoms with Gasteiger partial charge in [0.05, 0.1) is 12.0 Å². The van der Waals surface area contributed by atoms with E-state index >= 15 is 0 Å². The average molecular weight is 302 g/mol. The van der Waals surface area contributed by atoms with E-state index in [-0.39, 0.29) is 4.90 Å². The molecule has 20 heavy (non-hydrogen) atoms. The van der Waals surface area contributed by atoms with Gasteiger partial charge in [0.2, 0.25) is 10.0 Å². The van der Waals surface area contributed by atoms with Crippen LogP contribution in [-0.4, -0.2) is 39.3 Å². The van der Waals surface area contributed by atoms with E-state index in [0.29, 0.717) is 16.8 Å². The van der Waals surface area contributed by atoms with E-state index in [1.165, 1.54) is 6.07 Å². The van der Waals surface area contributed by atoms with Crippen molar-refractivity contribution in [1.82, 2.24) is 4.72 Å². The zero-order valence-corrected chi connectivity index (χ0v) is 12.3. The number of nitrogens with two attached hydrogens (primary N) is 1. The molecule has 0 saturated heterocycles. The molecule has 8 heteroatoms. The fourth-order valence-corrected chi connectivity index (χ4v) is 3.01. The van der Waals surface area contributed by atoms with Crippen LogP contribution in [0.4, 0.5) is 5.69 Å². The van der Waals surface area contributed by atoms with Gasteiger partial charge in [0, 0.05) is 12.2 Å². The first-order valence-electron chi connectivity index (χ1n) is 5.81. The minimum Gasteiger partial charge on any atom is -0.467 e. The summed E-state index contributed by atoms with van der Waals surface area (Å²) in [7, 11) is -2.77. The number of esters is 1. The van der Waals surface area contributed by atoms with Gasteiger partial charge in [-0.1, -0.05) is 0 Å². The second-order valence-electron chi connectivity index (χ2n) is 4.37. The summed E-state index contributed by atoms with van der Waals surface area (Å²) in [5.41, 5.74) is 7.20. The SMILES string of the molecule is COC(=O)C(O)CNS(=O)(=O)c1cc(C)cc(N)c1C. The third-order valence-electron chi connectivity index (χ3n) is 2.77. The van der Waals surface area contributed by atoms with E-state index in [1.54, 1.807) is 19.9 Å². The number of methoxy groups -OCH3 is 1. The molecule has 0 saturated carbocycles. The monoisotopic (exact) mass is 302 g/mol. The lowest BCUT2D eigenvalue weighted by Gasteiger charge is -2.13. The summed E-state index contributed by atoms with van der Waals surface area (Å²) in [5.74, 6) is -0.909.